The van der Waals surface area contributed by atoms with Crippen molar-refractivity contribution in [2.45, 2.75) is 13.0 Å². The van der Waals surface area contributed by atoms with Gasteiger partial charge in [0.25, 0.3) is 5.78 Å². The molecule has 2 N–H and O–H groups in total. The molecule has 0 saturated carbocycles. The standard InChI is InChI=1S/C20H16F2N2O3S/c1-10-3-5-11(6-4-10)16-15(18(25)19(26)27-2)17(24-20(28)23-16)12-7-8-13(21)14(22)9-12/h3-9,17H,1-2H3,(H2,23,24,28)/t17-/m0/s1. The van der Waals surface area contributed by atoms with Crippen molar-refractivity contribution < 1.29 is 23.1 Å². The van der Waals surface area contributed by atoms with Gasteiger partial charge in [-0.25, -0.2) is 13.6 Å². The van der Waals surface area contributed by atoms with Crippen LogP contribution in [-0.4, -0.2) is 24.0 Å². The monoisotopic (exact) mass is 402 g/mol. The SMILES string of the molecule is COC(=O)C(=O)C1=C(c2ccc(C)cc2)NC(=S)N[C@H]1c1ccc(F)c(F)c1. The molecule has 0 spiro atoms. The number of hydrogen-bond acceptors (Lipinski definition) is 4. The number of aryl methyl sites for hydroxylation is 1. The van der Waals surface area contributed by atoms with Gasteiger partial charge in [-0.1, -0.05) is 35.9 Å². The molecule has 0 radical (unpaired) electrons. The van der Waals surface area contributed by atoms with Crippen LogP contribution in [0.4, 0.5) is 8.78 Å². The Morgan fingerprint density at radius 3 is 2.36 bits per heavy atom. The third-order valence-corrected chi connectivity index (χ3v) is 4.52. The number of rotatable bonds is 4. The Balaban J connectivity index is 2.23. The number of ether oxygens (including phenoxy) is 1. The van der Waals surface area contributed by atoms with E-state index in [9.17, 15) is 18.4 Å². The van der Waals surface area contributed by atoms with Gasteiger partial charge in [-0.15, -0.1) is 0 Å². The van der Waals surface area contributed by atoms with Gasteiger partial charge < -0.3 is 15.4 Å². The van der Waals surface area contributed by atoms with E-state index in [0.717, 1.165) is 24.8 Å². The highest BCUT2D eigenvalue weighted by Crippen LogP contribution is 2.32. The van der Waals surface area contributed by atoms with Crippen LogP contribution < -0.4 is 10.6 Å². The number of hydrogen-bond donors (Lipinski definition) is 2. The van der Waals surface area contributed by atoms with Crippen LogP contribution in [0.15, 0.2) is 48.0 Å². The highest BCUT2D eigenvalue weighted by atomic mass is 32.1. The third kappa shape index (κ3) is 3.77. The highest BCUT2D eigenvalue weighted by Gasteiger charge is 2.35. The molecule has 0 unspecified atom stereocenters. The maximum absolute atomic E-state index is 13.8. The molecule has 1 heterocycles. The summed E-state index contributed by atoms with van der Waals surface area (Å²) in [7, 11) is 1.09. The number of nitrogens with one attached hydrogen (secondary N) is 2. The van der Waals surface area contributed by atoms with E-state index in [-0.39, 0.29) is 16.2 Å². The van der Waals surface area contributed by atoms with Crippen LogP contribution in [0.5, 0.6) is 0 Å². The summed E-state index contributed by atoms with van der Waals surface area (Å²) in [5, 5.41) is 5.91. The van der Waals surface area contributed by atoms with Crippen LogP contribution in [0.25, 0.3) is 5.70 Å². The minimum absolute atomic E-state index is 0.00434. The number of Topliss-reactive ketones (excluding diaryl/α,β-unsaturated/α-hetero) is 1. The zero-order valence-electron chi connectivity index (χ0n) is 15.0. The molecule has 0 aliphatic carbocycles. The molecular formula is C20H16F2N2O3S. The zero-order chi connectivity index (χ0) is 20.4. The summed E-state index contributed by atoms with van der Waals surface area (Å²) in [6, 6.07) is 9.45. The Morgan fingerprint density at radius 1 is 1.07 bits per heavy atom. The number of esters is 1. The Labute approximate surface area is 165 Å². The second-order valence-electron chi connectivity index (χ2n) is 6.18. The lowest BCUT2D eigenvalue weighted by atomic mass is 9.89. The lowest BCUT2D eigenvalue weighted by Gasteiger charge is -2.31. The summed E-state index contributed by atoms with van der Waals surface area (Å²) in [6.45, 7) is 1.91. The van der Waals surface area contributed by atoms with Crippen molar-refractivity contribution >= 4 is 34.8 Å². The summed E-state index contributed by atoms with van der Waals surface area (Å²) >= 11 is 5.23. The van der Waals surface area contributed by atoms with E-state index in [0.29, 0.717) is 11.3 Å². The minimum atomic E-state index is -1.08. The van der Waals surface area contributed by atoms with E-state index in [1.54, 1.807) is 12.1 Å². The number of thiocarbonyl (C=S) groups is 1. The van der Waals surface area contributed by atoms with Gasteiger partial charge in [-0.3, -0.25) is 4.79 Å². The second-order valence-corrected chi connectivity index (χ2v) is 6.59. The fourth-order valence-corrected chi connectivity index (χ4v) is 3.12. The Hall–Kier alpha value is -3.13. The number of ketones is 1. The van der Waals surface area contributed by atoms with Crippen molar-refractivity contribution in [3.05, 3.63) is 76.4 Å². The average molecular weight is 402 g/mol. The molecule has 2 aromatic rings. The number of methoxy groups -OCH3 is 1. The Morgan fingerprint density at radius 2 is 1.75 bits per heavy atom. The predicted molar refractivity (Wildman–Crippen MR) is 103 cm³/mol. The van der Waals surface area contributed by atoms with Crippen molar-refractivity contribution in [1.82, 2.24) is 10.6 Å². The first-order chi connectivity index (χ1) is 13.3. The molecule has 0 aromatic heterocycles. The smallest absolute Gasteiger partial charge is 0.379 e. The lowest BCUT2D eigenvalue weighted by Crippen LogP contribution is -2.46. The third-order valence-electron chi connectivity index (χ3n) is 4.30. The molecule has 0 fully saturated rings. The van der Waals surface area contributed by atoms with Crippen molar-refractivity contribution in [2.75, 3.05) is 7.11 Å². The molecule has 5 nitrogen and oxygen atoms in total. The summed E-state index contributed by atoms with van der Waals surface area (Å²) < 4.78 is 31.8. The molecule has 2 aromatic carbocycles. The van der Waals surface area contributed by atoms with Crippen molar-refractivity contribution in [2.24, 2.45) is 0 Å². The van der Waals surface area contributed by atoms with Gasteiger partial charge in [-0.2, -0.15) is 0 Å². The zero-order valence-corrected chi connectivity index (χ0v) is 15.8. The first kappa shape index (κ1) is 19.6. The lowest BCUT2D eigenvalue weighted by molar-refractivity contribution is -0.150. The van der Waals surface area contributed by atoms with Crippen molar-refractivity contribution in [3.8, 4) is 0 Å². The van der Waals surface area contributed by atoms with Gasteiger partial charge in [-0.05, 0) is 42.4 Å². The van der Waals surface area contributed by atoms with Crippen LogP contribution in [0.2, 0.25) is 0 Å². The molecule has 1 atom stereocenters. The molecular weight excluding hydrogens is 386 g/mol. The maximum atomic E-state index is 13.8. The number of carbonyl (C=O) groups excluding carboxylic acids is 2. The van der Waals surface area contributed by atoms with Gasteiger partial charge >= 0.3 is 5.97 Å². The van der Waals surface area contributed by atoms with E-state index in [2.05, 4.69) is 15.4 Å². The molecule has 3 rings (SSSR count). The van der Waals surface area contributed by atoms with Gasteiger partial charge in [0.05, 0.1) is 24.4 Å². The molecule has 0 bridgehead atoms. The first-order valence-electron chi connectivity index (χ1n) is 8.28. The van der Waals surface area contributed by atoms with Crippen LogP contribution in [0.1, 0.15) is 22.7 Å². The van der Waals surface area contributed by atoms with Gasteiger partial charge in [0.1, 0.15) is 0 Å². The summed E-state index contributed by atoms with van der Waals surface area (Å²) in [5.41, 5.74) is 2.14. The predicted octanol–water partition coefficient (Wildman–Crippen LogP) is 2.95. The van der Waals surface area contributed by atoms with Crippen LogP contribution >= 0.6 is 12.2 Å². The first-order valence-corrected chi connectivity index (χ1v) is 8.69. The second kappa shape index (κ2) is 7.85. The average Bonchev–Trinajstić information content (AvgIpc) is 2.68. The van der Waals surface area contributed by atoms with Gasteiger partial charge in [0, 0.05) is 0 Å². The van der Waals surface area contributed by atoms with E-state index in [1.807, 2.05) is 19.1 Å². The summed E-state index contributed by atoms with van der Waals surface area (Å²) in [6.07, 6.45) is 0. The summed E-state index contributed by atoms with van der Waals surface area (Å²) in [5.74, 6) is -4.10. The van der Waals surface area contributed by atoms with E-state index in [1.165, 1.54) is 6.07 Å². The Bertz CT molecular complexity index is 1000. The van der Waals surface area contributed by atoms with Crippen LogP contribution in [0.3, 0.4) is 0 Å². The van der Waals surface area contributed by atoms with Crippen LogP contribution in [0, 0.1) is 18.6 Å². The van der Waals surface area contributed by atoms with E-state index in [4.69, 9.17) is 12.2 Å². The van der Waals surface area contributed by atoms with E-state index >= 15 is 0 Å². The van der Waals surface area contributed by atoms with Crippen LogP contribution in [-0.2, 0) is 14.3 Å². The van der Waals surface area contributed by atoms with E-state index < -0.39 is 29.4 Å². The molecule has 8 heteroatoms. The summed E-state index contributed by atoms with van der Waals surface area (Å²) in [4.78, 5) is 24.8. The molecule has 1 aliphatic rings. The number of halogens is 2. The van der Waals surface area contributed by atoms with Gasteiger partial charge in [0.2, 0.25) is 0 Å². The number of carbonyl (C=O) groups is 2. The maximum Gasteiger partial charge on any atom is 0.379 e. The molecule has 144 valence electrons. The van der Waals surface area contributed by atoms with Crippen molar-refractivity contribution in [3.63, 3.8) is 0 Å². The number of benzene rings is 2. The molecule has 28 heavy (non-hydrogen) atoms. The highest BCUT2D eigenvalue weighted by molar-refractivity contribution is 7.80. The fourth-order valence-electron chi connectivity index (χ4n) is 2.90. The topological polar surface area (TPSA) is 67.4 Å². The normalized spacial score (nSPS) is 16.3. The minimum Gasteiger partial charge on any atom is -0.463 e. The molecule has 0 saturated heterocycles. The molecule has 1 aliphatic heterocycles. The Kier molecular flexibility index (Phi) is 5.51. The molecule has 0 amide bonds. The van der Waals surface area contributed by atoms with Crippen molar-refractivity contribution in [1.29, 1.82) is 0 Å². The largest absolute Gasteiger partial charge is 0.463 e. The quantitative estimate of drug-likeness (QED) is 0.466. The van der Waals surface area contributed by atoms with Gasteiger partial charge in [0.15, 0.2) is 16.7 Å². The fraction of sp³-hybridized carbons (Fsp3) is 0.150.